The summed E-state index contributed by atoms with van der Waals surface area (Å²) in [4.78, 5) is 10.4. The smallest absolute Gasteiger partial charge is 0.313 e. The first-order chi connectivity index (χ1) is 10.2. The minimum Gasteiger partial charge on any atom is -0.493 e. The number of hydrogen-bond donors (Lipinski definition) is 1. The fraction of sp³-hybridized carbons (Fsp3) is 0.500. The van der Waals surface area contributed by atoms with Crippen LogP contribution in [0.15, 0.2) is 24.3 Å². The summed E-state index contributed by atoms with van der Waals surface area (Å²) >= 11 is 1.32. The predicted octanol–water partition coefficient (Wildman–Crippen LogP) is 1.63. The number of ether oxygens (including phenoxy) is 4. The molecule has 6 nitrogen and oxygen atoms in total. The molecule has 1 saturated heterocycles. The standard InChI is InChI=1S/C14H18O6S/c1-17-11-4-2-3-5-12(11)18-7-14-19-6-10(20-14)8-21-9-13(15)16/h2-5,10,14H,6-9H2,1H3,(H,15,16). The van der Waals surface area contributed by atoms with Crippen molar-refractivity contribution in [1.82, 2.24) is 0 Å². The van der Waals surface area contributed by atoms with Crippen LogP contribution in [0, 0.1) is 0 Å². The second kappa shape index (κ2) is 8.11. The van der Waals surface area contributed by atoms with E-state index in [1.54, 1.807) is 7.11 Å². The molecule has 1 aromatic rings. The minimum absolute atomic E-state index is 0.0717. The second-order valence-electron chi connectivity index (χ2n) is 4.39. The van der Waals surface area contributed by atoms with Crippen molar-refractivity contribution in [2.24, 2.45) is 0 Å². The van der Waals surface area contributed by atoms with Gasteiger partial charge in [-0.1, -0.05) is 12.1 Å². The quantitative estimate of drug-likeness (QED) is 0.781. The van der Waals surface area contributed by atoms with E-state index in [1.807, 2.05) is 24.3 Å². The van der Waals surface area contributed by atoms with Gasteiger partial charge in [-0.3, -0.25) is 4.79 Å². The van der Waals surface area contributed by atoms with Crippen LogP contribution in [0.25, 0.3) is 0 Å². The lowest BCUT2D eigenvalue weighted by atomic mass is 10.3. The number of methoxy groups -OCH3 is 1. The van der Waals surface area contributed by atoms with E-state index in [2.05, 4.69) is 0 Å². The van der Waals surface area contributed by atoms with Crippen molar-refractivity contribution in [3.8, 4) is 11.5 Å². The van der Waals surface area contributed by atoms with Crippen LogP contribution >= 0.6 is 11.8 Å². The molecule has 21 heavy (non-hydrogen) atoms. The van der Waals surface area contributed by atoms with E-state index in [0.717, 1.165) is 0 Å². The number of carbonyl (C=O) groups is 1. The molecule has 1 aromatic carbocycles. The Morgan fingerprint density at radius 3 is 2.90 bits per heavy atom. The number of rotatable bonds is 8. The zero-order chi connectivity index (χ0) is 15.1. The molecule has 0 aliphatic carbocycles. The third-order valence-corrected chi connectivity index (χ3v) is 3.84. The molecule has 0 bridgehead atoms. The number of para-hydroxylation sites is 2. The van der Waals surface area contributed by atoms with Crippen molar-refractivity contribution < 1.29 is 28.8 Å². The summed E-state index contributed by atoms with van der Waals surface area (Å²) in [7, 11) is 1.58. The molecular formula is C14H18O6S. The van der Waals surface area contributed by atoms with Gasteiger partial charge in [0, 0.05) is 5.75 Å². The van der Waals surface area contributed by atoms with E-state index in [0.29, 0.717) is 23.9 Å². The molecule has 1 aliphatic rings. The normalized spacial score (nSPS) is 21.2. The fourth-order valence-electron chi connectivity index (χ4n) is 1.86. The maximum absolute atomic E-state index is 10.4. The Labute approximate surface area is 127 Å². The van der Waals surface area contributed by atoms with Gasteiger partial charge in [0.25, 0.3) is 0 Å². The Morgan fingerprint density at radius 2 is 2.19 bits per heavy atom. The largest absolute Gasteiger partial charge is 0.493 e. The highest BCUT2D eigenvalue weighted by molar-refractivity contribution is 7.99. The van der Waals surface area contributed by atoms with Crippen LogP contribution in [0.2, 0.25) is 0 Å². The van der Waals surface area contributed by atoms with Gasteiger partial charge in [0.05, 0.1) is 25.6 Å². The lowest BCUT2D eigenvalue weighted by Gasteiger charge is -2.14. The Bertz CT molecular complexity index is 467. The maximum atomic E-state index is 10.4. The molecule has 7 heteroatoms. The van der Waals surface area contributed by atoms with Crippen molar-refractivity contribution in [2.45, 2.75) is 12.4 Å². The van der Waals surface area contributed by atoms with Gasteiger partial charge in [-0.25, -0.2) is 0 Å². The van der Waals surface area contributed by atoms with E-state index in [1.165, 1.54) is 11.8 Å². The summed E-state index contributed by atoms with van der Waals surface area (Å²) in [5.74, 6) is 1.13. The van der Waals surface area contributed by atoms with E-state index >= 15 is 0 Å². The molecule has 1 N–H and O–H groups in total. The van der Waals surface area contributed by atoms with Gasteiger partial charge in [-0.05, 0) is 12.1 Å². The second-order valence-corrected chi connectivity index (χ2v) is 5.42. The summed E-state index contributed by atoms with van der Waals surface area (Å²) in [6.07, 6.45) is -0.536. The molecule has 116 valence electrons. The lowest BCUT2D eigenvalue weighted by Crippen LogP contribution is -2.21. The Balaban J connectivity index is 1.71. The molecule has 2 atom stereocenters. The van der Waals surface area contributed by atoms with E-state index in [4.69, 9.17) is 24.1 Å². The highest BCUT2D eigenvalue weighted by Crippen LogP contribution is 2.26. The molecule has 2 unspecified atom stereocenters. The number of carboxylic acids is 1. The highest BCUT2D eigenvalue weighted by atomic mass is 32.2. The Hall–Kier alpha value is -1.44. The van der Waals surface area contributed by atoms with Gasteiger partial charge in [-0.15, -0.1) is 11.8 Å². The zero-order valence-electron chi connectivity index (χ0n) is 11.7. The Morgan fingerprint density at radius 1 is 1.43 bits per heavy atom. The molecule has 1 fully saturated rings. The van der Waals surface area contributed by atoms with Gasteiger partial charge < -0.3 is 24.1 Å². The number of benzene rings is 1. The van der Waals surface area contributed by atoms with Gasteiger partial charge in [0.15, 0.2) is 17.8 Å². The van der Waals surface area contributed by atoms with E-state index in [-0.39, 0.29) is 18.5 Å². The van der Waals surface area contributed by atoms with Crippen LogP contribution in [0.3, 0.4) is 0 Å². The molecule has 0 radical (unpaired) electrons. The number of aliphatic carboxylic acids is 1. The first-order valence-corrected chi connectivity index (χ1v) is 7.67. The van der Waals surface area contributed by atoms with Crippen LogP contribution in [0.5, 0.6) is 11.5 Å². The third-order valence-electron chi connectivity index (χ3n) is 2.79. The molecule has 0 amide bonds. The summed E-state index contributed by atoms with van der Waals surface area (Å²) in [6.45, 7) is 0.715. The van der Waals surface area contributed by atoms with Crippen LogP contribution in [0.4, 0.5) is 0 Å². The monoisotopic (exact) mass is 314 g/mol. The minimum atomic E-state index is -0.824. The molecule has 2 rings (SSSR count). The molecular weight excluding hydrogens is 296 g/mol. The zero-order valence-corrected chi connectivity index (χ0v) is 12.5. The van der Waals surface area contributed by atoms with Crippen molar-refractivity contribution in [3.05, 3.63) is 24.3 Å². The molecule has 1 heterocycles. The van der Waals surface area contributed by atoms with Gasteiger partial charge in [-0.2, -0.15) is 0 Å². The molecule has 1 aliphatic heterocycles. The van der Waals surface area contributed by atoms with Crippen molar-refractivity contribution in [1.29, 1.82) is 0 Å². The number of carboxylic acid groups (broad SMARTS) is 1. The fourth-order valence-corrected chi connectivity index (χ4v) is 2.59. The van der Waals surface area contributed by atoms with Crippen LogP contribution in [-0.4, -0.2) is 55.3 Å². The summed E-state index contributed by atoms with van der Waals surface area (Å²) in [5.41, 5.74) is 0. The van der Waals surface area contributed by atoms with Gasteiger partial charge in [0.2, 0.25) is 0 Å². The number of thioether (sulfide) groups is 1. The molecule has 0 spiro atoms. The van der Waals surface area contributed by atoms with Crippen LogP contribution in [-0.2, 0) is 14.3 Å². The van der Waals surface area contributed by atoms with Crippen LogP contribution in [0.1, 0.15) is 0 Å². The van der Waals surface area contributed by atoms with Crippen molar-refractivity contribution in [3.63, 3.8) is 0 Å². The highest BCUT2D eigenvalue weighted by Gasteiger charge is 2.26. The lowest BCUT2D eigenvalue weighted by molar-refractivity contribution is -0.133. The van der Waals surface area contributed by atoms with Gasteiger partial charge in [0.1, 0.15) is 6.61 Å². The van der Waals surface area contributed by atoms with Gasteiger partial charge >= 0.3 is 5.97 Å². The summed E-state index contributed by atoms with van der Waals surface area (Å²) in [6, 6.07) is 7.36. The molecule has 0 saturated carbocycles. The SMILES string of the molecule is COc1ccccc1OCC1OCC(CSCC(=O)O)O1. The summed E-state index contributed by atoms with van der Waals surface area (Å²) in [5, 5.41) is 8.57. The predicted molar refractivity (Wildman–Crippen MR) is 78.1 cm³/mol. The average molecular weight is 314 g/mol. The first-order valence-electron chi connectivity index (χ1n) is 6.51. The Kier molecular flexibility index (Phi) is 6.16. The van der Waals surface area contributed by atoms with Crippen LogP contribution < -0.4 is 9.47 Å². The maximum Gasteiger partial charge on any atom is 0.313 e. The van der Waals surface area contributed by atoms with Crippen molar-refractivity contribution in [2.75, 3.05) is 31.8 Å². The van der Waals surface area contributed by atoms with Crippen molar-refractivity contribution >= 4 is 17.7 Å². The third kappa shape index (κ3) is 5.11. The topological polar surface area (TPSA) is 74.2 Å². The first kappa shape index (κ1) is 15.9. The summed E-state index contributed by atoms with van der Waals surface area (Å²) < 4.78 is 21.9. The van der Waals surface area contributed by atoms with E-state index in [9.17, 15) is 4.79 Å². The molecule has 0 aromatic heterocycles. The average Bonchev–Trinajstić information content (AvgIpc) is 2.93. The van der Waals surface area contributed by atoms with E-state index < -0.39 is 12.3 Å². The number of hydrogen-bond acceptors (Lipinski definition) is 6.